The molecule has 0 spiro atoms. The number of hydrazine groups is 1. The second-order valence-corrected chi connectivity index (χ2v) is 2.50. The van der Waals surface area contributed by atoms with Gasteiger partial charge in [-0.15, -0.1) is 0 Å². The fourth-order valence-corrected chi connectivity index (χ4v) is 0.974. The minimum absolute atomic E-state index is 0.744. The third-order valence-electron chi connectivity index (χ3n) is 1.62. The fraction of sp³-hybridized carbons (Fsp3) is 0.111. The Morgan fingerprint density at radius 1 is 1.33 bits per heavy atom. The summed E-state index contributed by atoms with van der Waals surface area (Å²) in [6, 6.07) is 10.0. The van der Waals surface area contributed by atoms with Crippen molar-refractivity contribution in [2.24, 2.45) is 11.6 Å². The van der Waals surface area contributed by atoms with Gasteiger partial charge in [0, 0.05) is 18.3 Å². The molecular formula is C9H13N3. The van der Waals surface area contributed by atoms with Crippen molar-refractivity contribution in [2.75, 3.05) is 0 Å². The van der Waals surface area contributed by atoms with Crippen LogP contribution in [0.25, 0.3) is 0 Å². The summed E-state index contributed by atoms with van der Waals surface area (Å²) in [5.74, 6) is 5.23. The SMILES string of the molecule is N/C=C(/Cc1ccccc1)NN. The number of hydrogen-bond donors (Lipinski definition) is 3. The fourth-order valence-electron chi connectivity index (χ4n) is 0.974. The highest BCUT2D eigenvalue weighted by molar-refractivity contribution is 5.20. The average molecular weight is 163 g/mol. The van der Waals surface area contributed by atoms with Crippen LogP contribution in [0, 0.1) is 0 Å². The molecule has 3 nitrogen and oxygen atoms in total. The Labute approximate surface area is 72.0 Å². The summed E-state index contributed by atoms with van der Waals surface area (Å²) in [5, 5.41) is 0. The zero-order chi connectivity index (χ0) is 8.81. The first-order valence-corrected chi connectivity index (χ1v) is 3.78. The third kappa shape index (κ3) is 2.29. The van der Waals surface area contributed by atoms with E-state index in [0.717, 1.165) is 12.1 Å². The number of nitrogens with one attached hydrogen (secondary N) is 1. The quantitative estimate of drug-likeness (QED) is 0.449. The molecular weight excluding hydrogens is 150 g/mol. The van der Waals surface area contributed by atoms with Gasteiger partial charge in [0.15, 0.2) is 0 Å². The van der Waals surface area contributed by atoms with Crippen LogP contribution >= 0.6 is 0 Å². The lowest BCUT2D eigenvalue weighted by molar-refractivity contribution is 0.836. The highest BCUT2D eigenvalue weighted by Crippen LogP contribution is 2.03. The molecule has 1 aromatic carbocycles. The van der Waals surface area contributed by atoms with E-state index in [1.165, 1.54) is 11.8 Å². The second-order valence-electron chi connectivity index (χ2n) is 2.50. The second kappa shape index (κ2) is 4.41. The minimum atomic E-state index is 0.744. The van der Waals surface area contributed by atoms with Gasteiger partial charge < -0.3 is 11.2 Å². The zero-order valence-corrected chi connectivity index (χ0v) is 6.83. The van der Waals surface area contributed by atoms with Gasteiger partial charge in [-0.2, -0.15) is 0 Å². The van der Waals surface area contributed by atoms with E-state index in [0.29, 0.717) is 0 Å². The van der Waals surface area contributed by atoms with Gasteiger partial charge in [0.1, 0.15) is 0 Å². The van der Waals surface area contributed by atoms with E-state index in [1.54, 1.807) is 0 Å². The first-order valence-electron chi connectivity index (χ1n) is 3.78. The smallest absolute Gasteiger partial charge is 0.0457 e. The summed E-state index contributed by atoms with van der Waals surface area (Å²) >= 11 is 0. The lowest BCUT2D eigenvalue weighted by Gasteiger charge is -2.04. The molecule has 0 atom stereocenters. The van der Waals surface area contributed by atoms with E-state index < -0.39 is 0 Å². The Hall–Kier alpha value is -1.48. The molecule has 0 fully saturated rings. The van der Waals surface area contributed by atoms with E-state index in [-0.39, 0.29) is 0 Å². The monoisotopic (exact) mass is 163 g/mol. The van der Waals surface area contributed by atoms with E-state index in [4.69, 9.17) is 11.6 Å². The zero-order valence-electron chi connectivity index (χ0n) is 6.83. The number of benzene rings is 1. The predicted octanol–water partition coefficient (Wildman–Crippen LogP) is 0.493. The highest BCUT2D eigenvalue weighted by Gasteiger charge is 1.94. The molecule has 0 amide bonds. The molecule has 0 saturated carbocycles. The maximum Gasteiger partial charge on any atom is 0.0457 e. The molecule has 0 unspecified atom stereocenters. The van der Waals surface area contributed by atoms with Crippen molar-refractivity contribution in [3.8, 4) is 0 Å². The Balaban J connectivity index is 2.64. The molecule has 0 aromatic heterocycles. The minimum Gasteiger partial charge on any atom is -0.403 e. The third-order valence-corrected chi connectivity index (χ3v) is 1.62. The van der Waals surface area contributed by atoms with Gasteiger partial charge >= 0.3 is 0 Å². The normalized spacial score (nSPS) is 11.2. The van der Waals surface area contributed by atoms with Crippen LogP contribution in [0.15, 0.2) is 42.2 Å². The number of rotatable bonds is 3. The number of hydrogen-bond acceptors (Lipinski definition) is 3. The van der Waals surface area contributed by atoms with Gasteiger partial charge in [0.25, 0.3) is 0 Å². The van der Waals surface area contributed by atoms with Gasteiger partial charge in [0.2, 0.25) is 0 Å². The van der Waals surface area contributed by atoms with Gasteiger partial charge in [0.05, 0.1) is 0 Å². The summed E-state index contributed by atoms with van der Waals surface area (Å²) in [5.41, 5.74) is 9.87. The van der Waals surface area contributed by atoms with Gasteiger partial charge in [-0.05, 0) is 5.56 Å². The first-order chi connectivity index (χ1) is 5.86. The lowest BCUT2D eigenvalue weighted by atomic mass is 10.1. The van der Waals surface area contributed by atoms with Crippen LogP contribution in [0.2, 0.25) is 0 Å². The van der Waals surface area contributed by atoms with Crippen molar-refractivity contribution in [3.05, 3.63) is 47.8 Å². The van der Waals surface area contributed by atoms with Crippen molar-refractivity contribution in [1.29, 1.82) is 0 Å². The van der Waals surface area contributed by atoms with E-state index >= 15 is 0 Å². The van der Waals surface area contributed by atoms with Crippen LogP contribution in [-0.4, -0.2) is 0 Å². The molecule has 12 heavy (non-hydrogen) atoms. The summed E-state index contributed by atoms with van der Waals surface area (Å²) in [6.45, 7) is 0. The Morgan fingerprint density at radius 2 is 2.00 bits per heavy atom. The maximum absolute atomic E-state index is 5.33. The van der Waals surface area contributed by atoms with Crippen LogP contribution in [0.1, 0.15) is 5.56 Å². The topological polar surface area (TPSA) is 64.1 Å². The summed E-state index contributed by atoms with van der Waals surface area (Å²) in [7, 11) is 0. The van der Waals surface area contributed by atoms with Crippen LogP contribution in [0.5, 0.6) is 0 Å². The molecule has 1 aromatic rings. The molecule has 3 heteroatoms. The Kier molecular flexibility index (Phi) is 3.17. The van der Waals surface area contributed by atoms with Crippen molar-refractivity contribution in [2.45, 2.75) is 6.42 Å². The van der Waals surface area contributed by atoms with Crippen molar-refractivity contribution in [3.63, 3.8) is 0 Å². The summed E-state index contributed by atoms with van der Waals surface area (Å²) < 4.78 is 0. The number of allylic oxidation sites excluding steroid dienone is 1. The van der Waals surface area contributed by atoms with E-state index in [9.17, 15) is 0 Å². The van der Waals surface area contributed by atoms with Crippen molar-refractivity contribution >= 4 is 0 Å². The van der Waals surface area contributed by atoms with E-state index in [2.05, 4.69) is 5.43 Å². The molecule has 0 aliphatic rings. The molecule has 1 rings (SSSR count). The van der Waals surface area contributed by atoms with Crippen molar-refractivity contribution in [1.82, 2.24) is 5.43 Å². The highest BCUT2D eigenvalue weighted by atomic mass is 15.2. The van der Waals surface area contributed by atoms with Crippen LogP contribution < -0.4 is 17.0 Å². The molecule has 0 bridgehead atoms. The summed E-state index contributed by atoms with van der Waals surface area (Å²) in [4.78, 5) is 0. The van der Waals surface area contributed by atoms with E-state index in [1.807, 2.05) is 30.3 Å². The Morgan fingerprint density at radius 3 is 2.50 bits per heavy atom. The Bertz CT molecular complexity index is 254. The maximum atomic E-state index is 5.33. The first kappa shape index (κ1) is 8.62. The molecule has 0 heterocycles. The van der Waals surface area contributed by atoms with Crippen LogP contribution in [0.4, 0.5) is 0 Å². The molecule has 5 N–H and O–H groups in total. The molecule has 0 aliphatic carbocycles. The largest absolute Gasteiger partial charge is 0.403 e. The lowest BCUT2D eigenvalue weighted by Crippen LogP contribution is -2.23. The van der Waals surface area contributed by atoms with Crippen LogP contribution in [0.3, 0.4) is 0 Å². The molecule has 0 aliphatic heterocycles. The van der Waals surface area contributed by atoms with Gasteiger partial charge in [-0.1, -0.05) is 30.3 Å². The van der Waals surface area contributed by atoms with Gasteiger partial charge in [-0.25, -0.2) is 0 Å². The predicted molar refractivity (Wildman–Crippen MR) is 49.7 cm³/mol. The standard InChI is InChI=1S/C9H13N3/c10-7-9(12-11)6-8-4-2-1-3-5-8/h1-5,7,12H,6,10-11H2/b9-7-. The van der Waals surface area contributed by atoms with Crippen LogP contribution in [-0.2, 0) is 6.42 Å². The van der Waals surface area contributed by atoms with Gasteiger partial charge in [-0.3, -0.25) is 5.84 Å². The van der Waals surface area contributed by atoms with Crippen molar-refractivity contribution < 1.29 is 0 Å². The molecule has 64 valence electrons. The molecule has 0 saturated heterocycles. The summed E-state index contributed by atoms with van der Waals surface area (Å²) in [6.07, 6.45) is 2.22. The number of nitrogens with two attached hydrogens (primary N) is 2. The molecule has 0 radical (unpaired) electrons. The average Bonchev–Trinajstić information content (AvgIpc) is 2.16.